The average Bonchev–Trinajstić information content (AvgIpc) is 3.43. The minimum absolute atomic E-state index is 0.0539. The van der Waals surface area contributed by atoms with Gasteiger partial charge in [-0.05, 0) is 113 Å². The van der Waals surface area contributed by atoms with E-state index in [4.69, 9.17) is 4.74 Å². The van der Waals surface area contributed by atoms with Gasteiger partial charge in [-0.2, -0.15) is 4.31 Å². The molecule has 3 saturated heterocycles. The molecule has 4 heterocycles. The zero-order valence-electron chi connectivity index (χ0n) is 25.8. The molecule has 232 valence electrons. The molecule has 8 nitrogen and oxygen atoms in total. The van der Waals surface area contributed by atoms with Crippen molar-refractivity contribution in [3.8, 4) is 5.75 Å². The van der Waals surface area contributed by atoms with Gasteiger partial charge in [-0.25, -0.2) is 8.42 Å². The lowest BCUT2D eigenvalue weighted by Crippen LogP contribution is -2.50. The summed E-state index contributed by atoms with van der Waals surface area (Å²) < 4.78 is 37.6. The molecular weight excluding hydrogens is 675 g/mol. The number of hydrogen-bond acceptors (Lipinski definition) is 5. The lowest BCUT2D eigenvalue weighted by atomic mass is 9.98. The highest BCUT2D eigenvalue weighted by atomic mass is 127. The van der Waals surface area contributed by atoms with E-state index in [0.29, 0.717) is 41.8 Å². The highest BCUT2D eigenvalue weighted by Gasteiger charge is 2.42. The molecule has 10 heteroatoms. The first kappa shape index (κ1) is 30.9. The SMILES string of the molecule is Cc1ccc(S(=O)(=O)N2CCN(C(=O)c3c(I)c4cc(OC5C[C@H]6CC[C@@H](C5)N6C(C)C)ccc4n3C(C)C)CC2)cc1. The van der Waals surface area contributed by atoms with Gasteiger partial charge in [0.15, 0.2) is 0 Å². The molecule has 3 aliphatic heterocycles. The van der Waals surface area contributed by atoms with Crippen LogP contribution in [0, 0.1) is 10.5 Å². The first-order valence-corrected chi connectivity index (χ1v) is 18.1. The van der Waals surface area contributed by atoms with Crippen LogP contribution in [0.1, 0.15) is 75.5 Å². The monoisotopic (exact) mass is 718 g/mol. The molecule has 2 bridgehead atoms. The number of nitrogens with zero attached hydrogens (tertiary/aromatic N) is 4. The van der Waals surface area contributed by atoms with Crippen LogP contribution in [0.4, 0.5) is 0 Å². The van der Waals surface area contributed by atoms with E-state index in [2.05, 4.69) is 78.0 Å². The van der Waals surface area contributed by atoms with Gasteiger partial charge in [0.05, 0.1) is 14.0 Å². The summed E-state index contributed by atoms with van der Waals surface area (Å²) in [4.78, 5) is 18.8. The van der Waals surface area contributed by atoms with Crippen LogP contribution in [0.3, 0.4) is 0 Å². The van der Waals surface area contributed by atoms with Crippen LogP contribution < -0.4 is 4.74 Å². The van der Waals surface area contributed by atoms with Crippen molar-refractivity contribution >= 4 is 49.4 Å². The first-order chi connectivity index (χ1) is 20.5. The lowest BCUT2D eigenvalue weighted by Gasteiger charge is -2.41. The fourth-order valence-corrected chi connectivity index (χ4v) is 9.84. The van der Waals surface area contributed by atoms with Crippen molar-refractivity contribution in [1.82, 2.24) is 18.7 Å². The number of benzene rings is 2. The van der Waals surface area contributed by atoms with Crippen molar-refractivity contribution in [3.63, 3.8) is 0 Å². The molecule has 6 rings (SSSR count). The van der Waals surface area contributed by atoms with E-state index >= 15 is 0 Å². The first-order valence-electron chi connectivity index (χ1n) is 15.6. The number of aromatic nitrogens is 1. The Morgan fingerprint density at radius 3 is 2.12 bits per heavy atom. The van der Waals surface area contributed by atoms with Gasteiger partial charge in [-0.15, -0.1) is 0 Å². The summed E-state index contributed by atoms with van der Waals surface area (Å²) in [6.45, 7) is 12.0. The third kappa shape index (κ3) is 5.73. The van der Waals surface area contributed by atoms with Crippen LogP contribution in [-0.2, 0) is 10.0 Å². The van der Waals surface area contributed by atoms with E-state index in [1.807, 2.05) is 19.1 Å². The number of halogens is 1. The molecule has 0 aliphatic carbocycles. The van der Waals surface area contributed by atoms with Gasteiger partial charge in [0.1, 0.15) is 17.5 Å². The van der Waals surface area contributed by atoms with Crippen LogP contribution in [0.25, 0.3) is 10.9 Å². The Kier molecular flexibility index (Phi) is 8.60. The highest BCUT2D eigenvalue weighted by molar-refractivity contribution is 14.1. The number of carbonyl (C=O) groups is 1. The fraction of sp³-hybridized carbons (Fsp3) is 0.545. The summed E-state index contributed by atoms with van der Waals surface area (Å²) in [6.07, 6.45) is 4.85. The Bertz CT molecular complexity index is 1600. The number of hydrogen-bond donors (Lipinski definition) is 0. The second-order valence-electron chi connectivity index (χ2n) is 13.0. The predicted octanol–water partition coefficient (Wildman–Crippen LogP) is 6.06. The number of piperidine rings is 1. The quantitative estimate of drug-likeness (QED) is 0.278. The maximum absolute atomic E-state index is 14.0. The Labute approximate surface area is 269 Å². The molecule has 0 N–H and O–H groups in total. The molecule has 0 spiro atoms. The fourth-order valence-electron chi connectivity index (χ4n) is 7.50. The van der Waals surface area contributed by atoms with Crippen molar-refractivity contribution in [1.29, 1.82) is 0 Å². The Morgan fingerprint density at radius 2 is 1.53 bits per heavy atom. The average molecular weight is 719 g/mol. The number of rotatable bonds is 7. The summed E-state index contributed by atoms with van der Waals surface area (Å²) in [5.41, 5.74) is 2.70. The normalized spacial score (nSPS) is 23.5. The van der Waals surface area contributed by atoms with Crippen LogP contribution in [-0.4, -0.2) is 83.4 Å². The third-order valence-corrected chi connectivity index (χ3v) is 12.5. The second-order valence-corrected chi connectivity index (χ2v) is 16.0. The maximum atomic E-state index is 14.0. The molecule has 3 aliphatic rings. The maximum Gasteiger partial charge on any atom is 0.271 e. The number of ether oxygens (including phenoxy) is 1. The Hall–Kier alpha value is -2.15. The molecule has 0 saturated carbocycles. The number of carbonyl (C=O) groups excluding carboxylic acids is 1. The van der Waals surface area contributed by atoms with Gasteiger partial charge in [-0.1, -0.05) is 17.7 Å². The number of sulfonamides is 1. The summed E-state index contributed by atoms with van der Waals surface area (Å²) in [6, 6.07) is 15.0. The standard InChI is InChI=1S/C33H43IN4O4S/c1-21(2)37-24-8-9-25(37)19-27(18-24)42-26-10-13-30-29(20-26)31(34)32(38(30)22(3)4)33(39)35-14-16-36(17-15-35)43(40,41)28-11-6-23(5)7-12-28/h6-7,10-13,20-22,24-25,27H,8-9,14-19H2,1-5H3/t24-,25+,27?. The van der Waals surface area contributed by atoms with Gasteiger partial charge in [0.25, 0.3) is 5.91 Å². The summed E-state index contributed by atoms with van der Waals surface area (Å²) >= 11 is 2.31. The number of amides is 1. The minimum Gasteiger partial charge on any atom is -0.490 e. The number of aryl methyl sites for hydroxylation is 1. The van der Waals surface area contributed by atoms with Gasteiger partial charge in [-0.3, -0.25) is 9.69 Å². The number of fused-ring (bicyclic) bond motifs is 3. The predicted molar refractivity (Wildman–Crippen MR) is 178 cm³/mol. The van der Waals surface area contributed by atoms with Crippen LogP contribution in [0.2, 0.25) is 0 Å². The van der Waals surface area contributed by atoms with Gasteiger partial charge in [0, 0.05) is 55.7 Å². The topological polar surface area (TPSA) is 75.1 Å². The molecule has 3 atom stereocenters. The largest absolute Gasteiger partial charge is 0.490 e. The van der Waals surface area contributed by atoms with E-state index in [1.165, 1.54) is 17.1 Å². The lowest BCUT2D eigenvalue weighted by molar-refractivity contribution is 0.0308. The summed E-state index contributed by atoms with van der Waals surface area (Å²) in [5, 5.41) is 1.03. The molecule has 0 radical (unpaired) electrons. The van der Waals surface area contributed by atoms with Crippen LogP contribution in [0.5, 0.6) is 5.75 Å². The van der Waals surface area contributed by atoms with Crippen molar-refractivity contribution in [2.75, 3.05) is 26.2 Å². The Morgan fingerprint density at radius 1 is 0.907 bits per heavy atom. The zero-order valence-corrected chi connectivity index (χ0v) is 28.8. The van der Waals surface area contributed by atoms with Crippen molar-refractivity contribution in [2.45, 2.75) is 95.5 Å². The molecular formula is C33H43IN4O4S. The van der Waals surface area contributed by atoms with Gasteiger partial charge in [0.2, 0.25) is 10.0 Å². The molecule has 3 aromatic rings. The van der Waals surface area contributed by atoms with E-state index in [0.717, 1.165) is 38.6 Å². The van der Waals surface area contributed by atoms with Crippen molar-refractivity contribution < 1.29 is 17.9 Å². The molecule has 43 heavy (non-hydrogen) atoms. The van der Waals surface area contributed by atoms with Crippen LogP contribution in [0.15, 0.2) is 47.4 Å². The molecule has 1 unspecified atom stereocenters. The number of piperazine rings is 1. The Balaban J connectivity index is 1.20. The summed E-state index contributed by atoms with van der Waals surface area (Å²) in [7, 11) is -3.60. The molecule has 3 fully saturated rings. The van der Waals surface area contributed by atoms with E-state index in [1.54, 1.807) is 17.0 Å². The molecule has 2 aromatic carbocycles. The molecule has 1 aromatic heterocycles. The van der Waals surface area contributed by atoms with E-state index in [-0.39, 0.29) is 31.1 Å². The minimum atomic E-state index is -3.60. The smallest absolute Gasteiger partial charge is 0.271 e. The van der Waals surface area contributed by atoms with Crippen molar-refractivity contribution in [2.24, 2.45) is 0 Å². The third-order valence-electron chi connectivity index (χ3n) is 9.46. The summed E-state index contributed by atoms with van der Waals surface area (Å²) in [5.74, 6) is 0.810. The van der Waals surface area contributed by atoms with Gasteiger partial charge >= 0.3 is 0 Å². The van der Waals surface area contributed by atoms with Crippen molar-refractivity contribution in [3.05, 3.63) is 57.3 Å². The van der Waals surface area contributed by atoms with E-state index in [9.17, 15) is 13.2 Å². The zero-order chi connectivity index (χ0) is 30.6. The van der Waals surface area contributed by atoms with E-state index < -0.39 is 10.0 Å². The highest BCUT2D eigenvalue weighted by Crippen LogP contribution is 2.40. The molecule has 1 amide bonds. The van der Waals surface area contributed by atoms with Crippen LogP contribution >= 0.6 is 22.6 Å². The second kappa shape index (κ2) is 12.0. The van der Waals surface area contributed by atoms with Gasteiger partial charge < -0.3 is 14.2 Å².